The van der Waals surface area contributed by atoms with Gasteiger partial charge in [-0.05, 0) is 58.9 Å². The maximum atomic E-state index is 4.74. The zero-order chi connectivity index (χ0) is 14.5. The first kappa shape index (κ1) is 15.7. The van der Waals surface area contributed by atoms with Crippen molar-refractivity contribution in [1.82, 2.24) is 15.1 Å². The molecule has 0 bridgehead atoms. The molecule has 0 saturated carbocycles. The molecule has 2 aromatic rings. The zero-order valence-corrected chi connectivity index (χ0v) is 14.7. The number of halogens is 1. The van der Waals surface area contributed by atoms with Gasteiger partial charge in [-0.25, -0.2) is 0 Å². The highest BCUT2D eigenvalue weighted by molar-refractivity contribution is 9.11. The number of hydrogen-bond donors (Lipinski definition) is 1. The molecule has 0 aliphatic heterocycles. The van der Waals surface area contributed by atoms with Gasteiger partial charge < -0.3 is 5.32 Å². The van der Waals surface area contributed by atoms with Gasteiger partial charge in [0.05, 0.1) is 15.5 Å². The molecule has 2 heterocycles. The average molecular weight is 356 g/mol. The molecule has 5 heteroatoms. The summed E-state index contributed by atoms with van der Waals surface area (Å²) in [4.78, 5) is 0. The summed E-state index contributed by atoms with van der Waals surface area (Å²) in [7, 11) is 2.01. The predicted octanol–water partition coefficient (Wildman–Crippen LogP) is 4.57. The lowest BCUT2D eigenvalue weighted by molar-refractivity contribution is 0.423. The summed E-state index contributed by atoms with van der Waals surface area (Å²) in [5, 5.41) is 10.3. The van der Waals surface area contributed by atoms with Crippen LogP contribution in [0, 0.1) is 0 Å². The molecule has 1 unspecified atom stereocenters. The molecule has 0 amide bonds. The minimum atomic E-state index is 0.322. The summed E-state index contributed by atoms with van der Waals surface area (Å²) in [5.41, 5.74) is 2.47. The second-order valence-electron chi connectivity index (χ2n) is 4.99. The summed E-state index contributed by atoms with van der Waals surface area (Å²) in [6.07, 6.45) is 5.30. The van der Waals surface area contributed by atoms with Gasteiger partial charge in [0.25, 0.3) is 0 Å². The molecule has 0 aromatic carbocycles. The van der Waals surface area contributed by atoms with Gasteiger partial charge in [0.15, 0.2) is 0 Å². The Kier molecular flexibility index (Phi) is 5.81. The number of nitrogens with one attached hydrogen (secondary N) is 1. The van der Waals surface area contributed by atoms with Crippen molar-refractivity contribution in [3.8, 4) is 0 Å². The third-order valence-electron chi connectivity index (χ3n) is 3.73. The van der Waals surface area contributed by atoms with Crippen LogP contribution < -0.4 is 5.32 Å². The molecule has 0 fully saturated rings. The van der Waals surface area contributed by atoms with Crippen LogP contribution in [0.4, 0.5) is 0 Å². The van der Waals surface area contributed by atoms with E-state index < -0.39 is 0 Å². The Morgan fingerprint density at radius 2 is 2.15 bits per heavy atom. The predicted molar refractivity (Wildman–Crippen MR) is 89.4 cm³/mol. The van der Waals surface area contributed by atoms with Crippen LogP contribution in [0.2, 0.25) is 0 Å². The quantitative estimate of drug-likeness (QED) is 0.788. The second-order valence-corrected chi connectivity index (χ2v) is 7.28. The van der Waals surface area contributed by atoms with Crippen molar-refractivity contribution in [2.24, 2.45) is 0 Å². The Balaban J connectivity index is 2.08. The van der Waals surface area contributed by atoms with Crippen molar-refractivity contribution in [2.45, 2.75) is 45.2 Å². The molecule has 2 aromatic heterocycles. The molecule has 1 N–H and O–H groups in total. The monoisotopic (exact) mass is 355 g/mol. The minimum Gasteiger partial charge on any atom is -0.313 e. The number of aromatic nitrogens is 2. The lowest BCUT2D eigenvalue weighted by Crippen LogP contribution is -2.18. The van der Waals surface area contributed by atoms with Crippen LogP contribution in [0.5, 0.6) is 0 Å². The third-order valence-corrected chi connectivity index (χ3v) is 5.25. The van der Waals surface area contributed by atoms with E-state index >= 15 is 0 Å². The van der Waals surface area contributed by atoms with Gasteiger partial charge in [0.2, 0.25) is 0 Å². The Labute approximate surface area is 133 Å². The lowest BCUT2D eigenvalue weighted by Gasteiger charge is -2.14. The fourth-order valence-corrected chi connectivity index (χ4v) is 3.68. The molecular weight excluding hydrogens is 334 g/mol. The van der Waals surface area contributed by atoms with E-state index in [2.05, 4.69) is 63.5 Å². The summed E-state index contributed by atoms with van der Waals surface area (Å²) < 4.78 is 3.29. The van der Waals surface area contributed by atoms with Crippen molar-refractivity contribution in [2.75, 3.05) is 7.05 Å². The van der Waals surface area contributed by atoms with Crippen molar-refractivity contribution < 1.29 is 0 Å². The van der Waals surface area contributed by atoms with E-state index in [1.165, 1.54) is 9.35 Å². The van der Waals surface area contributed by atoms with E-state index in [1.54, 1.807) is 11.3 Å². The summed E-state index contributed by atoms with van der Waals surface area (Å²) in [6, 6.07) is 5.17. The fraction of sp³-hybridized carbons (Fsp3) is 0.533. The minimum absolute atomic E-state index is 0.322. The molecule has 2 rings (SSSR count). The van der Waals surface area contributed by atoms with Gasteiger partial charge in [0, 0.05) is 18.7 Å². The molecule has 0 aliphatic carbocycles. The van der Waals surface area contributed by atoms with Gasteiger partial charge in [-0.3, -0.25) is 4.68 Å². The molecule has 0 saturated heterocycles. The molecule has 20 heavy (non-hydrogen) atoms. The standard InChI is InChI=1S/C15H22BrN3S/c1-4-13(5-2)19-7-6-12(18-19)9-14(17-3)11-8-15(16)20-10-11/h6-8,10,13-14,17H,4-5,9H2,1-3H3. The topological polar surface area (TPSA) is 29.9 Å². The molecular formula is C15H22BrN3S. The van der Waals surface area contributed by atoms with Crippen molar-refractivity contribution in [1.29, 1.82) is 0 Å². The highest BCUT2D eigenvalue weighted by Crippen LogP contribution is 2.27. The van der Waals surface area contributed by atoms with Crippen LogP contribution in [-0.2, 0) is 6.42 Å². The molecule has 3 nitrogen and oxygen atoms in total. The normalized spacial score (nSPS) is 13.1. The first-order valence-corrected chi connectivity index (χ1v) is 8.80. The Bertz CT molecular complexity index is 531. The van der Waals surface area contributed by atoms with E-state index in [9.17, 15) is 0 Å². The van der Waals surface area contributed by atoms with Gasteiger partial charge in [-0.15, -0.1) is 11.3 Å². The third kappa shape index (κ3) is 3.71. The lowest BCUT2D eigenvalue weighted by atomic mass is 10.1. The highest BCUT2D eigenvalue weighted by Gasteiger charge is 2.15. The first-order valence-electron chi connectivity index (χ1n) is 7.13. The van der Waals surface area contributed by atoms with Crippen LogP contribution in [0.15, 0.2) is 27.5 Å². The van der Waals surface area contributed by atoms with Crippen molar-refractivity contribution >= 4 is 27.3 Å². The first-order chi connectivity index (χ1) is 9.67. The highest BCUT2D eigenvalue weighted by atomic mass is 79.9. The summed E-state index contributed by atoms with van der Waals surface area (Å²) >= 11 is 5.25. The maximum Gasteiger partial charge on any atom is 0.0701 e. The smallest absolute Gasteiger partial charge is 0.0701 e. The van der Waals surface area contributed by atoms with Crippen LogP contribution >= 0.6 is 27.3 Å². The van der Waals surface area contributed by atoms with Crippen LogP contribution in [0.3, 0.4) is 0 Å². The Morgan fingerprint density at radius 1 is 1.40 bits per heavy atom. The average Bonchev–Trinajstić information content (AvgIpc) is 3.07. The number of thiophene rings is 1. The molecule has 1 atom stereocenters. The Hall–Kier alpha value is -0.650. The van der Waals surface area contributed by atoms with E-state index in [0.717, 1.165) is 25.0 Å². The number of hydrogen-bond acceptors (Lipinski definition) is 3. The van der Waals surface area contributed by atoms with Gasteiger partial charge in [0.1, 0.15) is 0 Å². The van der Waals surface area contributed by atoms with Gasteiger partial charge >= 0.3 is 0 Å². The molecule has 0 spiro atoms. The molecule has 110 valence electrons. The molecule has 0 aliphatic rings. The fourth-order valence-electron chi connectivity index (χ4n) is 2.45. The van der Waals surface area contributed by atoms with Crippen molar-refractivity contribution in [3.63, 3.8) is 0 Å². The van der Waals surface area contributed by atoms with Crippen LogP contribution in [-0.4, -0.2) is 16.8 Å². The van der Waals surface area contributed by atoms with E-state index in [1.807, 2.05) is 7.05 Å². The second kappa shape index (κ2) is 7.38. The summed E-state index contributed by atoms with van der Waals surface area (Å²) in [5.74, 6) is 0. The van der Waals surface area contributed by atoms with E-state index in [-0.39, 0.29) is 0 Å². The largest absolute Gasteiger partial charge is 0.313 e. The summed E-state index contributed by atoms with van der Waals surface area (Å²) in [6.45, 7) is 4.43. The SMILES string of the molecule is CCC(CC)n1ccc(CC(NC)c2csc(Br)c2)n1. The van der Waals surface area contributed by atoms with E-state index in [4.69, 9.17) is 5.10 Å². The van der Waals surface area contributed by atoms with E-state index in [0.29, 0.717) is 12.1 Å². The van der Waals surface area contributed by atoms with Crippen LogP contribution in [0.25, 0.3) is 0 Å². The number of rotatable bonds is 7. The molecule has 0 radical (unpaired) electrons. The van der Waals surface area contributed by atoms with Gasteiger partial charge in [-0.1, -0.05) is 13.8 Å². The number of likely N-dealkylation sites (N-methyl/N-ethyl adjacent to an activating group) is 1. The van der Waals surface area contributed by atoms with Crippen LogP contribution in [0.1, 0.15) is 50.0 Å². The Morgan fingerprint density at radius 3 is 2.70 bits per heavy atom. The van der Waals surface area contributed by atoms with Gasteiger partial charge in [-0.2, -0.15) is 5.10 Å². The maximum absolute atomic E-state index is 4.74. The number of nitrogens with zero attached hydrogens (tertiary/aromatic N) is 2. The van der Waals surface area contributed by atoms with Crippen molar-refractivity contribution in [3.05, 3.63) is 38.8 Å². The zero-order valence-electron chi connectivity index (χ0n) is 12.3.